The maximum Gasteiger partial charge on any atom is 0.331 e. The maximum absolute atomic E-state index is 10.8. The smallest absolute Gasteiger partial charge is 0.331 e. The summed E-state index contributed by atoms with van der Waals surface area (Å²) in [6.07, 6.45) is -0.121. The van der Waals surface area contributed by atoms with Crippen molar-refractivity contribution in [2.75, 3.05) is 0 Å². The van der Waals surface area contributed by atoms with Crippen LogP contribution in [0.2, 0.25) is 0 Å². The fraction of sp³-hybridized carbons (Fsp3) is 0.357. The number of carbonyl (C=O) groups excluding carboxylic acids is 2. The zero-order valence-corrected chi connectivity index (χ0v) is 10.9. The summed E-state index contributed by atoms with van der Waals surface area (Å²) in [5.41, 5.74) is 1.16. The Bertz CT molecular complexity index is 456. The van der Waals surface area contributed by atoms with E-state index in [0.717, 1.165) is 5.56 Å². The SMILES string of the molecule is CC(=O)O/N=C(\Cc1ccccc1)[C@H](O)[C@H](C)C=O. The molecule has 102 valence electrons. The van der Waals surface area contributed by atoms with E-state index in [9.17, 15) is 14.7 Å². The van der Waals surface area contributed by atoms with Gasteiger partial charge >= 0.3 is 5.97 Å². The molecule has 2 atom stereocenters. The van der Waals surface area contributed by atoms with Gasteiger partial charge in [-0.25, -0.2) is 4.79 Å². The second-order valence-electron chi connectivity index (χ2n) is 4.27. The zero-order chi connectivity index (χ0) is 14.3. The largest absolute Gasteiger partial charge is 0.386 e. The van der Waals surface area contributed by atoms with Crippen LogP contribution in [0.25, 0.3) is 0 Å². The van der Waals surface area contributed by atoms with Gasteiger partial charge in [0.25, 0.3) is 0 Å². The van der Waals surface area contributed by atoms with Crippen LogP contribution in [-0.4, -0.2) is 29.2 Å². The summed E-state index contributed by atoms with van der Waals surface area (Å²) in [5.74, 6) is -1.19. The zero-order valence-electron chi connectivity index (χ0n) is 10.9. The van der Waals surface area contributed by atoms with Gasteiger partial charge in [0.15, 0.2) is 0 Å². The van der Waals surface area contributed by atoms with E-state index in [1.165, 1.54) is 6.92 Å². The number of benzene rings is 1. The third kappa shape index (κ3) is 5.01. The predicted molar refractivity (Wildman–Crippen MR) is 70.6 cm³/mol. The lowest BCUT2D eigenvalue weighted by molar-refractivity contribution is -0.141. The van der Waals surface area contributed by atoms with Crippen molar-refractivity contribution in [2.24, 2.45) is 11.1 Å². The molecule has 0 spiro atoms. The Hall–Kier alpha value is -2.01. The van der Waals surface area contributed by atoms with Gasteiger partial charge in [0.1, 0.15) is 12.4 Å². The third-order valence-electron chi connectivity index (χ3n) is 2.57. The molecule has 0 saturated heterocycles. The van der Waals surface area contributed by atoms with Crippen LogP contribution in [-0.2, 0) is 20.8 Å². The Morgan fingerprint density at radius 2 is 2.05 bits per heavy atom. The molecule has 0 aromatic heterocycles. The van der Waals surface area contributed by atoms with Gasteiger partial charge < -0.3 is 14.7 Å². The van der Waals surface area contributed by atoms with Crippen LogP contribution in [0.4, 0.5) is 0 Å². The Kier molecular flexibility index (Phi) is 5.89. The number of rotatable bonds is 6. The predicted octanol–water partition coefficient (Wildman–Crippen LogP) is 1.34. The summed E-state index contributed by atoms with van der Waals surface area (Å²) >= 11 is 0. The maximum atomic E-state index is 10.8. The summed E-state index contributed by atoms with van der Waals surface area (Å²) in [6.45, 7) is 2.80. The van der Waals surface area contributed by atoms with Crippen molar-refractivity contribution in [1.82, 2.24) is 0 Å². The molecule has 1 N–H and O–H groups in total. The number of aliphatic hydroxyl groups is 1. The molecular formula is C14H17NO4. The molecule has 0 heterocycles. The Balaban J connectivity index is 2.89. The third-order valence-corrected chi connectivity index (χ3v) is 2.57. The van der Waals surface area contributed by atoms with Crippen LogP contribution >= 0.6 is 0 Å². The summed E-state index contributed by atoms with van der Waals surface area (Å²) in [6, 6.07) is 9.31. The van der Waals surface area contributed by atoms with Crippen LogP contribution in [0.1, 0.15) is 19.4 Å². The molecule has 1 aromatic rings. The van der Waals surface area contributed by atoms with Crippen molar-refractivity contribution < 1.29 is 19.5 Å². The monoisotopic (exact) mass is 263 g/mol. The van der Waals surface area contributed by atoms with Gasteiger partial charge in [-0.2, -0.15) is 0 Å². The lowest BCUT2D eigenvalue weighted by atomic mass is 9.97. The minimum Gasteiger partial charge on any atom is -0.386 e. The first-order chi connectivity index (χ1) is 9.04. The molecule has 0 aliphatic rings. The highest BCUT2D eigenvalue weighted by atomic mass is 16.7. The molecule has 1 rings (SSSR count). The number of carbonyl (C=O) groups is 2. The topological polar surface area (TPSA) is 76.0 Å². The molecular weight excluding hydrogens is 246 g/mol. The number of aldehydes is 1. The van der Waals surface area contributed by atoms with Crippen LogP contribution in [0.5, 0.6) is 0 Å². The van der Waals surface area contributed by atoms with Crippen LogP contribution in [0, 0.1) is 5.92 Å². The van der Waals surface area contributed by atoms with E-state index in [4.69, 9.17) is 0 Å². The quantitative estimate of drug-likeness (QED) is 0.364. The molecule has 0 bridgehead atoms. The second-order valence-corrected chi connectivity index (χ2v) is 4.27. The van der Waals surface area contributed by atoms with Crippen LogP contribution in [0.3, 0.4) is 0 Å². The molecule has 0 fully saturated rings. The van der Waals surface area contributed by atoms with E-state index in [1.54, 1.807) is 6.92 Å². The molecule has 0 unspecified atom stereocenters. The first kappa shape index (κ1) is 15.0. The molecule has 0 aliphatic carbocycles. The number of hydrogen-bond donors (Lipinski definition) is 1. The van der Waals surface area contributed by atoms with E-state index in [0.29, 0.717) is 12.7 Å². The van der Waals surface area contributed by atoms with Gasteiger partial charge in [-0.05, 0) is 5.56 Å². The summed E-state index contributed by atoms with van der Waals surface area (Å²) in [7, 11) is 0. The molecule has 0 amide bonds. The average molecular weight is 263 g/mol. The van der Waals surface area contributed by atoms with Crippen LogP contribution in [0.15, 0.2) is 35.5 Å². The molecule has 0 radical (unpaired) electrons. The van der Waals surface area contributed by atoms with E-state index in [2.05, 4.69) is 9.99 Å². The highest BCUT2D eigenvalue weighted by Gasteiger charge is 2.21. The van der Waals surface area contributed by atoms with Gasteiger partial charge in [-0.15, -0.1) is 0 Å². The van der Waals surface area contributed by atoms with Crippen molar-refractivity contribution in [3.8, 4) is 0 Å². The first-order valence-corrected chi connectivity index (χ1v) is 5.96. The minimum absolute atomic E-state index is 0.251. The molecule has 19 heavy (non-hydrogen) atoms. The van der Waals surface area contributed by atoms with Crippen LogP contribution < -0.4 is 0 Å². The Morgan fingerprint density at radius 1 is 1.42 bits per heavy atom. The highest BCUT2D eigenvalue weighted by Crippen LogP contribution is 2.09. The molecule has 5 heteroatoms. The number of nitrogens with zero attached hydrogens (tertiary/aromatic N) is 1. The highest BCUT2D eigenvalue weighted by molar-refractivity contribution is 5.92. The van der Waals surface area contributed by atoms with Gasteiger partial charge in [-0.1, -0.05) is 42.4 Å². The summed E-state index contributed by atoms with van der Waals surface area (Å²) in [5, 5.41) is 13.6. The number of hydrogen-bond acceptors (Lipinski definition) is 5. The summed E-state index contributed by atoms with van der Waals surface area (Å²) < 4.78 is 0. The molecule has 0 saturated carbocycles. The standard InChI is InChI=1S/C14H17NO4/c1-10(9-16)14(18)13(15-19-11(2)17)8-12-6-4-3-5-7-12/h3-7,9-10,14,18H,8H2,1-2H3/b15-13+/t10-,14-/m1/s1. The van der Waals surface area contributed by atoms with E-state index < -0.39 is 18.0 Å². The second kappa shape index (κ2) is 7.43. The van der Waals surface area contributed by atoms with E-state index >= 15 is 0 Å². The lowest BCUT2D eigenvalue weighted by Crippen LogP contribution is -2.30. The van der Waals surface area contributed by atoms with Crippen molar-refractivity contribution in [2.45, 2.75) is 26.4 Å². The molecule has 1 aromatic carbocycles. The van der Waals surface area contributed by atoms with Gasteiger partial charge in [0, 0.05) is 19.3 Å². The fourth-order valence-electron chi connectivity index (χ4n) is 1.50. The lowest BCUT2D eigenvalue weighted by Gasteiger charge is -2.15. The van der Waals surface area contributed by atoms with E-state index in [1.807, 2.05) is 30.3 Å². The number of aliphatic hydroxyl groups excluding tert-OH is 1. The number of oxime groups is 1. The first-order valence-electron chi connectivity index (χ1n) is 5.96. The van der Waals surface area contributed by atoms with Gasteiger partial charge in [-0.3, -0.25) is 0 Å². The summed E-state index contributed by atoms with van der Waals surface area (Å²) in [4.78, 5) is 26.1. The Labute approximate surface area is 111 Å². The molecule has 0 aliphatic heterocycles. The van der Waals surface area contributed by atoms with Crippen molar-refractivity contribution in [3.05, 3.63) is 35.9 Å². The normalized spacial score (nSPS) is 14.6. The molecule has 5 nitrogen and oxygen atoms in total. The minimum atomic E-state index is -1.07. The Morgan fingerprint density at radius 3 is 2.58 bits per heavy atom. The van der Waals surface area contributed by atoms with E-state index in [-0.39, 0.29) is 5.71 Å². The average Bonchev–Trinajstić information content (AvgIpc) is 2.42. The van der Waals surface area contributed by atoms with Crippen molar-refractivity contribution >= 4 is 18.0 Å². The van der Waals surface area contributed by atoms with Crippen molar-refractivity contribution in [1.29, 1.82) is 0 Å². The fourth-order valence-corrected chi connectivity index (χ4v) is 1.50. The van der Waals surface area contributed by atoms with Crippen molar-refractivity contribution in [3.63, 3.8) is 0 Å². The van der Waals surface area contributed by atoms with Gasteiger partial charge in [0.05, 0.1) is 5.71 Å². The van der Waals surface area contributed by atoms with Gasteiger partial charge in [0.2, 0.25) is 0 Å².